The first-order chi connectivity index (χ1) is 13.5. The number of carbonyl (C=O) groups is 2. The number of hydrogen-bond donors (Lipinski definition) is 1. The van der Waals surface area contributed by atoms with Crippen LogP contribution in [0.2, 0.25) is 0 Å². The molecule has 1 N–H and O–H groups in total. The summed E-state index contributed by atoms with van der Waals surface area (Å²) in [6.45, 7) is 4.38. The molecule has 2 aliphatic heterocycles. The van der Waals surface area contributed by atoms with E-state index in [1.807, 2.05) is 18.0 Å². The second kappa shape index (κ2) is 10.0. The molecule has 0 radical (unpaired) electrons. The Bertz CT molecular complexity index is 643. The predicted molar refractivity (Wildman–Crippen MR) is 111 cm³/mol. The van der Waals surface area contributed by atoms with Gasteiger partial charge in [0.25, 0.3) is 0 Å². The molecule has 3 rings (SSSR count). The van der Waals surface area contributed by atoms with Crippen molar-refractivity contribution in [2.24, 2.45) is 0 Å². The maximum atomic E-state index is 12.9. The van der Waals surface area contributed by atoms with Crippen LogP contribution in [0.5, 0.6) is 0 Å². The quantitative estimate of drug-likeness (QED) is 0.769. The standard InChI is InChI=1S/C22H34N4O2/c1-24-14-10-19(11-15-24)25(2)21(27)17-20-22(28)23-12-16-26(20)13-6-9-18-7-4-3-5-8-18/h3-5,7-8,19-20H,6,9-17H2,1-2H3,(H,23,28). The number of aryl methyl sites for hydroxylation is 1. The Morgan fingerprint density at radius 3 is 2.61 bits per heavy atom. The first kappa shape index (κ1) is 20.8. The van der Waals surface area contributed by atoms with E-state index in [9.17, 15) is 9.59 Å². The molecular formula is C22H34N4O2. The van der Waals surface area contributed by atoms with Crippen LogP contribution in [-0.4, -0.2) is 85.4 Å². The second-order valence-electron chi connectivity index (χ2n) is 8.18. The molecule has 2 amide bonds. The van der Waals surface area contributed by atoms with Crippen LogP contribution in [0.15, 0.2) is 30.3 Å². The van der Waals surface area contributed by atoms with Crippen LogP contribution in [0.3, 0.4) is 0 Å². The molecule has 28 heavy (non-hydrogen) atoms. The summed E-state index contributed by atoms with van der Waals surface area (Å²) in [6, 6.07) is 10.4. The minimum Gasteiger partial charge on any atom is -0.353 e. The minimum absolute atomic E-state index is 0.00362. The van der Waals surface area contributed by atoms with Crippen molar-refractivity contribution >= 4 is 11.8 Å². The van der Waals surface area contributed by atoms with Crippen molar-refractivity contribution in [2.75, 3.05) is 46.8 Å². The summed E-state index contributed by atoms with van der Waals surface area (Å²) >= 11 is 0. The zero-order valence-electron chi connectivity index (χ0n) is 17.3. The lowest BCUT2D eigenvalue weighted by Crippen LogP contribution is -2.57. The van der Waals surface area contributed by atoms with Crippen LogP contribution in [0.1, 0.15) is 31.2 Å². The van der Waals surface area contributed by atoms with Crippen LogP contribution in [0.4, 0.5) is 0 Å². The Morgan fingerprint density at radius 1 is 1.18 bits per heavy atom. The SMILES string of the molecule is CN1CCC(N(C)C(=O)CC2C(=O)NCCN2CCCc2ccccc2)CC1. The van der Waals surface area contributed by atoms with E-state index in [1.54, 1.807) is 0 Å². The van der Waals surface area contributed by atoms with Gasteiger partial charge in [-0.15, -0.1) is 0 Å². The summed E-state index contributed by atoms with van der Waals surface area (Å²) in [4.78, 5) is 31.8. The Morgan fingerprint density at radius 2 is 1.89 bits per heavy atom. The number of hydrogen-bond acceptors (Lipinski definition) is 4. The average molecular weight is 387 g/mol. The molecule has 0 aliphatic carbocycles. The Hall–Kier alpha value is -1.92. The number of likely N-dealkylation sites (tertiary alicyclic amines) is 1. The number of benzene rings is 1. The molecule has 0 bridgehead atoms. The normalized spacial score (nSPS) is 22.1. The Balaban J connectivity index is 1.52. The van der Waals surface area contributed by atoms with E-state index in [0.717, 1.165) is 51.9 Å². The first-order valence-corrected chi connectivity index (χ1v) is 10.5. The molecule has 0 aromatic heterocycles. The van der Waals surface area contributed by atoms with Crippen molar-refractivity contribution in [1.29, 1.82) is 0 Å². The van der Waals surface area contributed by atoms with Gasteiger partial charge in [0, 0.05) is 26.2 Å². The fourth-order valence-corrected chi connectivity index (χ4v) is 4.28. The number of rotatable bonds is 7. The van der Waals surface area contributed by atoms with Gasteiger partial charge < -0.3 is 15.1 Å². The van der Waals surface area contributed by atoms with Gasteiger partial charge in [0.05, 0.1) is 12.5 Å². The predicted octanol–water partition coefficient (Wildman–Crippen LogP) is 1.36. The monoisotopic (exact) mass is 386 g/mol. The van der Waals surface area contributed by atoms with Gasteiger partial charge >= 0.3 is 0 Å². The molecule has 2 heterocycles. The fraction of sp³-hybridized carbons (Fsp3) is 0.636. The Labute approximate surface area is 168 Å². The van der Waals surface area contributed by atoms with Gasteiger partial charge in [0.2, 0.25) is 11.8 Å². The largest absolute Gasteiger partial charge is 0.353 e. The molecule has 1 aromatic rings. The molecular weight excluding hydrogens is 352 g/mol. The summed E-state index contributed by atoms with van der Waals surface area (Å²) < 4.78 is 0. The summed E-state index contributed by atoms with van der Waals surface area (Å²) in [7, 11) is 4.02. The summed E-state index contributed by atoms with van der Waals surface area (Å²) in [5, 5.41) is 2.94. The van der Waals surface area contributed by atoms with E-state index in [-0.39, 0.29) is 24.3 Å². The van der Waals surface area contributed by atoms with Crippen molar-refractivity contribution in [3.8, 4) is 0 Å². The summed E-state index contributed by atoms with van der Waals surface area (Å²) in [5.74, 6) is 0.0840. The molecule has 154 valence electrons. The highest BCUT2D eigenvalue weighted by Gasteiger charge is 2.33. The van der Waals surface area contributed by atoms with E-state index in [0.29, 0.717) is 12.6 Å². The number of amides is 2. The van der Waals surface area contributed by atoms with Crippen LogP contribution < -0.4 is 5.32 Å². The van der Waals surface area contributed by atoms with Gasteiger partial charge in [-0.1, -0.05) is 30.3 Å². The van der Waals surface area contributed by atoms with E-state index in [4.69, 9.17) is 0 Å². The molecule has 2 fully saturated rings. The van der Waals surface area contributed by atoms with Crippen LogP contribution >= 0.6 is 0 Å². The molecule has 0 saturated carbocycles. The third-order valence-electron chi connectivity index (χ3n) is 6.19. The fourth-order valence-electron chi connectivity index (χ4n) is 4.28. The highest BCUT2D eigenvalue weighted by atomic mass is 16.2. The van der Waals surface area contributed by atoms with Gasteiger partial charge in [0.1, 0.15) is 0 Å². The minimum atomic E-state index is -0.342. The van der Waals surface area contributed by atoms with E-state index >= 15 is 0 Å². The van der Waals surface area contributed by atoms with Crippen molar-refractivity contribution in [3.63, 3.8) is 0 Å². The maximum Gasteiger partial charge on any atom is 0.237 e. The molecule has 1 atom stereocenters. The Kier molecular flexibility index (Phi) is 7.45. The summed E-state index contributed by atoms with van der Waals surface area (Å²) in [6.07, 6.45) is 4.29. The number of piperidine rings is 1. The number of carbonyl (C=O) groups excluding carboxylic acids is 2. The highest BCUT2D eigenvalue weighted by molar-refractivity contribution is 5.88. The lowest BCUT2D eigenvalue weighted by molar-refractivity contribution is -0.139. The number of nitrogens with zero attached hydrogens (tertiary/aromatic N) is 3. The van der Waals surface area contributed by atoms with Gasteiger partial charge in [-0.2, -0.15) is 0 Å². The second-order valence-corrected chi connectivity index (χ2v) is 8.18. The van der Waals surface area contributed by atoms with Crippen molar-refractivity contribution in [2.45, 2.75) is 44.2 Å². The molecule has 6 heteroatoms. The molecule has 2 aliphatic rings. The lowest BCUT2D eigenvalue weighted by atomic mass is 10.0. The van der Waals surface area contributed by atoms with Crippen LogP contribution in [0.25, 0.3) is 0 Å². The lowest BCUT2D eigenvalue weighted by Gasteiger charge is -2.38. The molecule has 2 saturated heterocycles. The zero-order chi connectivity index (χ0) is 19.9. The van der Waals surface area contributed by atoms with Crippen molar-refractivity contribution < 1.29 is 9.59 Å². The van der Waals surface area contributed by atoms with Gasteiger partial charge in [-0.25, -0.2) is 0 Å². The van der Waals surface area contributed by atoms with E-state index in [1.165, 1.54) is 5.56 Å². The topological polar surface area (TPSA) is 55.9 Å². The third kappa shape index (κ3) is 5.55. The first-order valence-electron chi connectivity index (χ1n) is 10.5. The smallest absolute Gasteiger partial charge is 0.237 e. The molecule has 0 spiro atoms. The number of piperazine rings is 1. The van der Waals surface area contributed by atoms with Crippen LogP contribution in [-0.2, 0) is 16.0 Å². The van der Waals surface area contributed by atoms with Gasteiger partial charge in [0.15, 0.2) is 0 Å². The van der Waals surface area contributed by atoms with E-state index < -0.39 is 0 Å². The molecule has 1 unspecified atom stereocenters. The van der Waals surface area contributed by atoms with E-state index in [2.05, 4.69) is 46.4 Å². The number of nitrogens with one attached hydrogen (secondary N) is 1. The van der Waals surface area contributed by atoms with Crippen LogP contribution in [0, 0.1) is 0 Å². The molecule has 1 aromatic carbocycles. The average Bonchev–Trinajstić information content (AvgIpc) is 2.71. The highest BCUT2D eigenvalue weighted by Crippen LogP contribution is 2.18. The maximum absolute atomic E-state index is 12.9. The zero-order valence-corrected chi connectivity index (χ0v) is 17.3. The molecule has 6 nitrogen and oxygen atoms in total. The summed E-state index contributed by atoms with van der Waals surface area (Å²) in [5.41, 5.74) is 1.32. The van der Waals surface area contributed by atoms with Crippen molar-refractivity contribution in [3.05, 3.63) is 35.9 Å². The van der Waals surface area contributed by atoms with Gasteiger partial charge in [-0.05, 0) is 57.9 Å². The van der Waals surface area contributed by atoms with Gasteiger partial charge in [-0.3, -0.25) is 14.5 Å². The third-order valence-corrected chi connectivity index (χ3v) is 6.19. The van der Waals surface area contributed by atoms with Crippen molar-refractivity contribution in [1.82, 2.24) is 20.0 Å².